The minimum Gasteiger partial charge on any atom is -0.349 e. The summed E-state index contributed by atoms with van der Waals surface area (Å²) >= 11 is 0. The maximum atomic E-state index is 13.0. The van der Waals surface area contributed by atoms with Gasteiger partial charge in [-0.25, -0.2) is 4.39 Å². The van der Waals surface area contributed by atoms with Crippen molar-refractivity contribution in [3.05, 3.63) is 35.6 Å². The van der Waals surface area contributed by atoms with Crippen LogP contribution >= 0.6 is 0 Å². The number of hydrogen-bond donors (Lipinski definition) is 1. The average molecular weight is 318 g/mol. The predicted octanol–water partition coefficient (Wildman–Crippen LogP) is 3.60. The van der Waals surface area contributed by atoms with E-state index in [4.69, 9.17) is 0 Å². The van der Waals surface area contributed by atoms with E-state index in [1.165, 1.54) is 63.7 Å². The molecule has 1 saturated carbocycles. The minimum atomic E-state index is -0.304. The molecule has 1 amide bonds. The average Bonchev–Trinajstić information content (AvgIpc) is 2.58. The van der Waals surface area contributed by atoms with Crippen LogP contribution in [0.4, 0.5) is 4.39 Å². The van der Waals surface area contributed by atoms with Crippen molar-refractivity contribution in [1.29, 1.82) is 0 Å². The van der Waals surface area contributed by atoms with Gasteiger partial charge >= 0.3 is 0 Å². The Morgan fingerprint density at radius 1 is 1.04 bits per heavy atom. The second-order valence-electron chi connectivity index (χ2n) is 6.99. The van der Waals surface area contributed by atoms with Crippen LogP contribution < -0.4 is 5.32 Å². The van der Waals surface area contributed by atoms with Gasteiger partial charge in [0, 0.05) is 18.2 Å². The quantitative estimate of drug-likeness (QED) is 0.920. The number of amides is 1. The van der Waals surface area contributed by atoms with Crippen molar-refractivity contribution < 1.29 is 9.18 Å². The molecule has 126 valence electrons. The minimum absolute atomic E-state index is 0.0689. The van der Waals surface area contributed by atoms with Gasteiger partial charge in [-0.05, 0) is 69.0 Å². The molecule has 1 saturated heterocycles. The molecule has 1 aliphatic heterocycles. The van der Waals surface area contributed by atoms with E-state index in [1.54, 1.807) is 12.1 Å². The molecular weight excluding hydrogens is 291 g/mol. The molecule has 1 N–H and O–H groups in total. The molecule has 4 heteroatoms. The Bertz CT molecular complexity index is 511. The monoisotopic (exact) mass is 318 g/mol. The van der Waals surface area contributed by atoms with Gasteiger partial charge in [0.2, 0.25) is 0 Å². The highest BCUT2D eigenvalue weighted by atomic mass is 19.1. The van der Waals surface area contributed by atoms with Crippen LogP contribution in [0.5, 0.6) is 0 Å². The van der Waals surface area contributed by atoms with Gasteiger partial charge in [-0.2, -0.15) is 0 Å². The maximum absolute atomic E-state index is 13.0. The Labute approximate surface area is 138 Å². The first kappa shape index (κ1) is 16.4. The lowest BCUT2D eigenvalue weighted by Crippen LogP contribution is -2.47. The fraction of sp³-hybridized carbons (Fsp3) is 0.632. The molecule has 1 aromatic carbocycles. The van der Waals surface area contributed by atoms with Gasteiger partial charge in [-0.15, -0.1) is 0 Å². The van der Waals surface area contributed by atoms with Crippen molar-refractivity contribution in [1.82, 2.24) is 10.2 Å². The molecule has 2 aliphatic rings. The zero-order valence-corrected chi connectivity index (χ0v) is 13.8. The summed E-state index contributed by atoms with van der Waals surface area (Å²) in [5.41, 5.74) is 0.550. The molecule has 23 heavy (non-hydrogen) atoms. The highest BCUT2D eigenvalue weighted by Gasteiger charge is 2.28. The van der Waals surface area contributed by atoms with Gasteiger partial charge in [0.05, 0.1) is 0 Å². The number of carbonyl (C=O) groups is 1. The van der Waals surface area contributed by atoms with Gasteiger partial charge in [-0.3, -0.25) is 4.79 Å². The maximum Gasteiger partial charge on any atom is 0.251 e. The Morgan fingerprint density at radius 2 is 1.74 bits per heavy atom. The van der Waals surface area contributed by atoms with Crippen LogP contribution in [-0.2, 0) is 0 Å². The van der Waals surface area contributed by atoms with Gasteiger partial charge < -0.3 is 10.2 Å². The van der Waals surface area contributed by atoms with Crippen molar-refractivity contribution in [2.45, 2.75) is 51.0 Å². The number of rotatable bonds is 4. The first-order valence-electron chi connectivity index (χ1n) is 9.01. The van der Waals surface area contributed by atoms with E-state index in [1.807, 2.05) is 0 Å². The van der Waals surface area contributed by atoms with Crippen LogP contribution in [0, 0.1) is 11.7 Å². The molecule has 0 spiro atoms. The van der Waals surface area contributed by atoms with Crippen LogP contribution in [0.15, 0.2) is 24.3 Å². The Morgan fingerprint density at radius 3 is 2.48 bits per heavy atom. The van der Waals surface area contributed by atoms with Crippen molar-refractivity contribution in [3.8, 4) is 0 Å². The molecule has 3 rings (SSSR count). The molecular formula is C19H27FN2O. The fourth-order valence-electron chi connectivity index (χ4n) is 3.94. The number of likely N-dealkylation sites (tertiary alicyclic amines) is 1. The first-order valence-corrected chi connectivity index (χ1v) is 9.01. The number of nitrogens with zero attached hydrogens (tertiary/aromatic N) is 1. The summed E-state index contributed by atoms with van der Waals surface area (Å²) in [6.07, 6.45) is 8.67. The van der Waals surface area contributed by atoms with Gasteiger partial charge in [0.1, 0.15) is 5.82 Å². The Balaban J connectivity index is 1.59. The van der Waals surface area contributed by atoms with Crippen LogP contribution in [0.1, 0.15) is 55.3 Å². The fourth-order valence-corrected chi connectivity index (χ4v) is 3.94. The standard InChI is InChI=1S/C19H27FN2O/c20-17-10-8-15(9-11-17)19(23)21-18-7-3-2-6-16(18)14-22-12-4-1-5-13-22/h8-11,16,18H,1-7,12-14H2,(H,21,23). The summed E-state index contributed by atoms with van der Waals surface area (Å²) in [4.78, 5) is 15.0. The number of halogens is 1. The van der Waals surface area contributed by atoms with Gasteiger partial charge in [0.15, 0.2) is 0 Å². The summed E-state index contributed by atoms with van der Waals surface area (Å²) in [6.45, 7) is 3.51. The van der Waals surface area contributed by atoms with E-state index < -0.39 is 0 Å². The van der Waals surface area contributed by atoms with Crippen molar-refractivity contribution in [2.24, 2.45) is 5.92 Å². The number of nitrogens with one attached hydrogen (secondary N) is 1. The lowest BCUT2D eigenvalue weighted by molar-refractivity contribution is 0.0877. The van der Waals surface area contributed by atoms with Crippen LogP contribution in [0.25, 0.3) is 0 Å². The molecule has 0 radical (unpaired) electrons. The first-order chi connectivity index (χ1) is 11.2. The highest BCUT2D eigenvalue weighted by Crippen LogP contribution is 2.26. The van der Waals surface area contributed by atoms with Crippen LogP contribution in [0.3, 0.4) is 0 Å². The summed E-state index contributed by atoms with van der Waals surface area (Å²) in [5, 5.41) is 3.21. The van der Waals surface area contributed by atoms with E-state index in [9.17, 15) is 9.18 Å². The molecule has 3 nitrogen and oxygen atoms in total. The highest BCUT2D eigenvalue weighted by molar-refractivity contribution is 5.94. The zero-order valence-electron chi connectivity index (χ0n) is 13.8. The zero-order chi connectivity index (χ0) is 16.1. The van der Waals surface area contributed by atoms with E-state index in [2.05, 4.69) is 10.2 Å². The number of benzene rings is 1. The molecule has 1 aromatic rings. The molecule has 1 heterocycles. The second kappa shape index (κ2) is 7.91. The smallest absolute Gasteiger partial charge is 0.251 e. The van der Waals surface area contributed by atoms with Crippen LogP contribution in [-0.4, -0.2) is 36.5 Å². The lowest BCUT2D eigenvalue weighted by atomic mass is 9.83. The third-order valence-electron chi connectivity index (χ3n) is 5.27. The van der Waals surface area contributed by atoms with E-state index in [0.717, 1.165) is 13.0 Å². The molecule has 0 aromatic heterocycles. The second-order valence-corrected chi connectivity index (χ2v) is 6.99. The SMILES string of the molecule is O=C(NC1CCCCC1CN1CCCCC1)c1ccc(F)cc1. The molecule has 2 atom stereocenters. The number of hydrogen-bond acceptors (Lipinski definition) is 2. The third kappa shape index (κ3) is 4.54. The largest absolute Gasteiger partial charge is 0.349 e. The summed E-state index contributed by atoms with van der Waals surface area (Å²) in [5.74, 6) is 0.175. The lowest BCUT2D eigenvalue weighted by Gasteiger charge is -2.37. The van der Waals surface area contributed by atoms with Crippen LogP contribution in [0.2, 0.25) is 0 Å². The van der Waals surface area contributed by atoms with E-state index in [0.29, 0.717) is 11.5 Å². The normalized spacial score (nSPS) is 26.0. The Hall–Kier alpha value is -1.42. The van der Waals surface area contributed by atoms with Crippen molar-refractivity contribution >= 4 is 5.91 Å². The molecule has 2 unspecified atom stereocenters. The van der Waals surface area contributed by atoms with Gasteiger partial charge in [0.25, 0.3) is 5.91 Å². The summed E-state index contributed by atoms with van der Waals surface area (Å²) in [7, 11) is 0. The Kier molecular flexibility index (Phi) is 5.65. The molecule has 2 fully saturated rings. The molecule has 0 bridgehead atoms. The van der Waals surface area contributed by atoms with Crippen molar-refractivity contribution in [3.63, 3.8) is 0 Å². The van der Waals surface area contributed by atoms with E-state index in [-0.39, 0.29) is 17.8 Å². The topological polar surface area (TPSA) is 32.3 Å². The number of carbonyl (C=O) groups excluding carboxylic acids is 1. The van der Waals surface area contributed by atoms with E-state index >= 15 is 0 Å². The summed E-state index contributed by atoms with van der Waals surface area (Å²) in [6, 6.07) is 6.07. The van der Waals surface area contributed by atoms with Crippen molar-refractivity contribution in [2.75, 3.05) is 19.6 Å². The van der Waals surface area contributed by atoms with Gasteiger partial charge in [-0.1, -0.05) is 19.3 Å². The third-order valence-corrected chi connectivity index (χ3v) is 5.27. The molecule has 1 aliphatic carbocycles. The predicted molar refractivity (Wildman–Crippen MR) is 89.9 cm³/mol. The number of piperidine rings is 1. The summed E-state index contributed by atoms with van der Waals surface area (Å²) < 4.78 is 13.0.